The van der Waals surface area contributed by atoms with Gasteiger partial charge in [0.1, 0.15) is 5.54 Å². The van der Waals surface area contributed by atoms with Crippen molar-refractivity contribution >= 4 is 17.6 Å². The van der Waals surface area contributed by atoms with E-state index in [0.717, 1.165) is 18.4 Å². The summed E-state index contributed by atoms with van der Waals surface area (Å²) in [5.74, 6) is 0.374. The van der Waals surface area contributed by atoms with Crippen LogP contribution in [0.1, 0.15) is 45.1 Å². The Hall–Kier alpha value is -2.55. The van der Waals surface area contributed by atoms with Crippen molar-refractivity contribution in [1.82, 2.24) is 10.6 Å². The average Bonchev–Trinajstić information content (AvgIpc) is 3.07. The minimum Gasteiger partial charge on any atom is -0.354 e. The van der Waals surface area contributed by atoms with Crippen LogP contribution in [0.25, 0.3) is 0 Å². The fourth-order valence-corrected chi connectivity index (χ4v) is 2.97. The molecular formula is C19H26N4O2. The van der Waals surface area contributed by atoms with Crippen LogP contribution in [0.4, 0.5) is 10.5 Å². The molecule has 25 heavy (non-hydrogen) atoms. The monoisotopic (exact) mass is 342 g/mol. The Morgan fingerprint density at radius 3 is 2.44 bits per heavy atom. The molecule has 1 aliphatic carbocycles. The summed E-state index contributed by atoms with van der Waals surface area (Å²) in [4.78, 5) is 24.5. The number of carbonyl (C=O) groups excluding carboxylic acids is 2. The lowest BCUT2D eigenvalue weighted by atomic mass is 10.0. The molecular weight excluding hydrogens is 316 g/mol. The fraction of sp³-hybridized carbons (Fsp3) is 0.526. The van der Waals surface area contributed by atoms with Crippen LogP contribution in [-0.4, -0.2) is 24.0 Å². The van der Waals surface area contributed by atoms with E-state index in [1.807, 2.05) is 0 Å². The Bertz CT molecular complexity index is 640. The molecule has 0 saturated heterocycles. The van der Waals surface area contributed by atoms with Crippen LogP contribution in [0.3, 0.4) is 0 Å². The lowest BCUT2D eigenvalue weighted by Gasteiger charge is -2.26. The highest BCUT2D eigenvalue weighted by Crippen LogP contribution is 2.23. The van der Waals surface area contributed by atoms with Gasteiger partial charge >= 0.3 is 6.03 Å². The number of rotatable bonds is 6. The van der Waals surface area contributed by atoms with E-state index in [1.54, 1.807) is 38.1 Å². The number of amides is 3. The van der Waals surface area contributed by atoms with Crippen molar-refractivity contribution in [3.05, 3.63) is 29.8 Å². The Labute approximate surface area is 149 Å². The van der Waals surface area contributed by atoms with Crippen LogP contribution in [0.2, 0.25) is 0 Å². The summed E-state index contributed by atoms with van der Waals surface area (Å²) in [7, 11) is 0. The molecule has 6 heteroatoms. The SMILES string of the molecule is CC(C)(NC(=O)Nc1ccc(CC#N)cc1)C(=O)NCC1CCCC1. The second-order valence-electron chi connectivity index (χ2n) is 7.10. The van der Waals surface area contributed by atoms with Gasteiger partial charge in [0.2, 0.25) is 5.91 Å². The number of hydrogen-bond acceptors (Lipinski definition) is 3. The summed E-state index contributed by atoms with van der Waals surface area (Å²) in [5.41, 5.74) is 0.505. The lowest BCUT2D eigenvalue weighted by molar-refractivity contribution is -0.126. The van der Waals surface area contributed by atoms with Gasteiger partial charge in [-0.2, -0.15) is 5.26 Å². The first-order valence-corrected chi connectivity index (χ1v) is 8.74. The Morgan fingerprint density at radius 1 is 1.20 bits per heavy atom. The predicted molar refractivity (Wildman–Crippen MR) is 97.0 cm³/mol. The lowest BCUT2D eigenvalue weighted by Crippen LogP contribution is -2.56. The van der Waals surface area contributed by atoms with Crippen LogP contribution < -0.4 is 16.0 Å². The molecule has 6 nitrogen and oxygen atoms in total. The highest BCUT2D eigenvalue weighted by Gasteiger charge is 2.30. The first-order chi connectivity index (χ1) is 11.9. The van der Waals surface area contributed by atoms with E-state index in [-0.39, 0.29) is 5.91 Å². The van der Waals surface area contributed by atoms with E-state index in [2.05, 4.69) is 22.0 Å². The molecule has 0 atom stereocenters. The van der Waals surface area contributed by atoms with Crippen molar-refractivity contribution in [1.29, 1.82) is 5.26 Å². The molecule has 0 bridgehead atoms. The molecule has 1 aromatic carbocycles. The highest BCUT2D eigenvalue weighted by atomic mass is 16.2. The third-order valence-electron chi connectivity index (χ3n) is 4.51. The van der Waals surface area contributed by atoms with Gasteiger partial charge < -0.3 is 16.0 Å². The van der Waals surface area contributed by atoms with Crippen LogP contribution in [-0.2, 0) is 11.2 Å². The van der Waals surface area contributed by atoms with Gasteiger partial charge in [-0.05, 0) is 50.3 Å². The molecule has 0 spiro atoms. The number of anilines is 1. The molecule has 3 N–H and O–H groups in total. The molecule has 1 aromatic rings. The molecule has 134 valence electrons. The van der Waals surface area contributed by atoms with Gasteiger partial charge in [-0.3, -0.25) is 4.79 Å². The average molecular weight is 342 g/mol. The van der Waals surface area contributed by atoms with Crippen molar-refractivity contribution in [3.8, 4) is 6.07 Å². The molecule has 1 aliphatic rings. The van der Waals surface area contributed by atoms with Crippen molar-refractivity contribution in [2.24, 2.45) is 5.92 Å². The maximum Gasteiger partial charge on any atom is 0.320 e. The van der Waals surface area contributed by atoms with Gasteiger partial charge in [0.25, 0.3) is 0 Å². The van der Waals surface area contributed by atoms with E-state index < -0.39 is 11.6 Å². The van der Waals surface area contributed by atoms with Gasteiger partial charge in [0, 0.05) is 12.2 Å². The number of hydrogen-bond donors (Lipinski definition) is 3. The van der Waals surface area contributed by atoms with Gasteiger partial charge in [-0.15, -0.1) is 0 Å². The predicted octanol–water partition coefficient (Wildman–Crippen LogP) is 2.96. The number of carbonyl (C=O) groups is 2. The van der Waals surface area contributed by atoms with Crippen molar-refractivity contribution in [2.45, 2.75) is 51.5 Å². The van der Waals surface area contributed by atoms with Gasteiger partial charge in [-0.1, -0.05) is 25.0 Å². The van der Waals surface area contributed by atoms with Gasteiger partial charge in [-0.25, -0.2) is 4.79 Å². The Morgan fingerprint density at radius 2 is 1.84 bits per heavy atom. The fourth-order valence-electron chi connectivity index (χ4n) is 2.97. The first-order valence-electron chi connectivity index (χ1n) is 8.74. The second-order valence-corrected chi connectivity index (χ2v) is 7.10. The summed E-state index contributed by atoms with van der Waals surface area (Å²) in [6.07, 6.45) is 5.13. The summed E-state index contributed by atoms with van der Waals surface area (Å²) >= 11 is 0. The summed E-state index contributed by atoms with van der Waals surface area (Å²) in [6, 6.07) is 8.69. The molecule has 0 unspecified atom stereocenters. The second kappa shape index (κ2) is 8.52. The standard InChI is InChI=1S/C19H26N4O2/c1-19(2,17(24)21-13-15-5-3-4-6-15)23-18(25)22-16-9-7-14(8-10-16)11-12-20/h7-10,15H,3-6,11,13H2,1-2H3,(H,21,24)(H2,22,23,25). The normalized spacial score (nSPS) is 14.6. The van der Waals surface area contributed by atoms with Gasteiger partial charge in [0.15, 0.2) is 0 Å². The van der Waals surface area contributed by atoms with Crippen LogP contribution >= 0.6 is 0 Å². The third kappa shape index (κ3) is 5.79. The number of benzene rings is 1. The molecule has 0 aromatic heterocycles. The summed E-state index contributed by atoms with van der Waals surface area (Å²) in [6.45, 7) is 4.05. The smallest absolute Gasteiger partial charge is 0.320 e. The third-order valence-corrected chi connectivity index (χ3v) is 4.51. The number of urea groups is 1. The molecule has 3 amide bonds. The van der Waals surface area contributed by atoms with Crippen molar-refractivity contribution < 1.29 is 9.59 Å². The zero-order valence-electron chi connectivity index (χ0n) is 14.9. The first kappa shape index (κ1) is 18.8. The van der Waals surface area contributed by atoms with E-state index in [1.165, 1.54) is 12.8 Å². The maximum absolute atomic E-state index is 12.3. The number of nitriles is 1. The molecule has 0 radical (unpaired) electrons. The highest BCUT2D eigenvalue weighted by molar-refractivity contribution is 5.95. The maximum atomic E-state index is 12.3. The quantitative estimate of drug-likeness (QED) is 0.742. The Kier molecular flexibility index (Phi) is 6.40. The van der Waals surface area contributed by atoms with Crippen LogP contribution in [0, 0.1) is 17.2 Å². The minimum atomic E-state index is -0.997. The molecule has 0 aliphatic heterocycles. The summed E-state index contributed by atoms with van der Waals surface area (Å²) in [5, 5.41) is 17.0. The topological polar surface area (TPSA) is 94.0 Å². The zero-order valence-corrected chi connectivity index (χ0v) is 14.9. The van der Waals surface area contributed by atoms with E-state index >= 15 is 0 Å². The number of nitrogens with zero attached hydrogens (tertiary/aromatic N) is 1. The largest absolute Gasteiger partial charge is 0.354 e. The molecule has 1 saturated carbocycles. The van der Waals surface area contributed by atoms with Crippen LogP contribution in [0.5, 0.6) is 0 Å². The molecule has 2 rings (SSSR count). The van der Waals surface area contributed by atoms with Gasteiger partial charge in [0.05, 0.1) is 12.5 Å². The number of nitrogens with one attached hydrogen (secondary N) is 3. The van der Waals surface area contributed by atoms with E-state index in [4.69, 9.17) is 5.26 Å². The zero-order chi connectivity index (χ0) is 18.3. The van der Waals surface area contributed by atoms with Crippen LogP contribution in [0.15, 0.2) is 24.3 Å². The summed E-state index contributed by atoms with van der Waals surface area (Å²) < 4.78 is 0. The van der Waals surface area contributed by atoms with Crippen molar-refractivity contribution in [3.63, 3.8) is 0 Å². The molecule has 1 fully saturated rings. The van der Waals surface area contributed by atoms with E-state index in [0.29, 0.717) is 24.6 Å². The van der Waals surface area contributed by atoms with Crippen molar-refractivity contribution in [2.75, 3.05) is 11.9 Å². The van der Waals surface area contributed by atoms with E-state index in [9.17, 15) is 9.59 Å². The molecule has 0 heterocycles. The Balaban J connectivity index is 1.82. The minimum absolute atomic E-state index is 0.182.